The number of amides is 1. The molecule has 0 radical (unpaired) electrons. The van der Waals surface area contributed by atoms with Crippen LogP contribution in [0.25, 0.3) is 0 Å². The van der Waals surface area contributed by atoms with Gasteiger partial charge in [-0.2, -0.15) is 0 Å². The van der Waals surface area contributed by atoms with Gasteiger partial charge in [0.15, 0.2) is 0 Å². The van der Waals surface area contributed by atoms with Gasteiger partial charge in [0.1, 0.15) is 0 Å². The molecule has 2 aliphatic rings. The van der Waals surface area contributed by atoms with Crippen molar-refractivity contribution in [3.05, 3.63) is 0 Å². The lowest BCUT2D eigenvalue weighted by atomic mass is 9.68. The molecule has 0 bridgehead atoms. The Labute approximate surface area is 92.0 Å². The molecule has 1 heterocycles. The van der Waals surface area contributed by atoms with E-state index in [1.54, 1.807) is 0 Å². The summed E-state index contributed by atoms with van der Waals surface area (Å²) >= 11 is 0. The minimum atomic E-state index is 0.194. The SMILES string of the molecule is CC1(C)CCCCC1C(=O)NC1CNC1. The second-order valence-electron chi connectivity index (χ2n) is 5.65. The maximum absolute atomic E-state index is 12.1. The van der Waals surface area contributed by atoms with Crippen LogP contribution in [0.1, 0.15) is 39.5 Å². The van der Waals surface area contributed by atoms with Crippen LogP contribution in [0.5, 0.6) is 0 Å². The summed E-state index contributed by atoms with van der Waals surface area (Å²) in [6, 6.07) is 0.384. The monoisotopic (exact) mass is 210 g/mol. The lowest BCUT2D eigenvalue weighted by molar-refractivity contribution is -0.131. The average Bonchev–Trinajstić information content (AvgIpc) is 2.10. The molecular weight excluding hydrogens is 188 g/mol. The van der Waals surface area contributed by atoms with Crippen LogP contribution in [0.3, 0.4) is 0 Å². The third-order valence-corrected chi connectivity index (χ3v) is 3.95. The molecule has 1 atom stereocenters. The van der Waals surface area contributed by atoms with Gasteiger partial charge in [0, 0.05) is 19.0 Å². The van der Waals surface area contributed by atoms with Crippen molar-refractivity contribution in [2.45, 2.75) is 45.6 Å². The largest absolute Gasteiger partial charge is 0.351 e. The Morgan fingerprint density at radius 2 is 2.07 bits per heavy atom. The van der Waals surface area contributed by atoms with Crippen LogP contribution >= 0.6 is 0 Å². The topological polar surface area (TPSA) is 41.1 Å². The number of carbonyl (C=O) groups is 1. The van der Waals surface area contributed by atoms with E-state index in [4.69, 9.17) is 0 Å². The van der Waals surface area contributed by atoms with Crippen LogP contribution in [0.2, 0.25) is 0 Å². The summed E-state index contributed by atoms with van der Waals surface area (Å²) in [5, 5.41) is 6.32. The molecular formula is C12H22N2O. The summed E-state index contributed by atoms with van der Waals surface area (Å²) in [6.45, 7) is 6.35. The second kappa shape index (κ2) is 4.12. The molecule has 15 heavy (non-hydrogen) atoms. The average molecular weight is 210 g/mol. The van der Waals surface area contributed by atoms with Gasteiger partial charge >= 0.3 is 0 Å². The number of hydrogen-bond acceptors (Lipinski definition) is 2. The van der Waals surface area contributed by atoms with Crippen molar-refractivity contribution in [1.82, 2.24) is 10.6 Å². The van der Waals surface area contributed by atoms with Crippen LogP contribution in [0, 0.1) is 11.3 Å². The van der Waals surface area contributed by atoms with Crippen molar-refractivity contribution in [3.8, 4) is 0 Å². The fourth-order valence-electron chi connectivity index (χ4n) is 2.67. The molecule has 1 saturated carbocycles. The summed E-state index contributed by atoms with van der Waals surface area (Å²) < 4.78 is 0. The first-order chi connectivity index (χ1) is 7.09. The molecule has 1 aliphatic carbocycles. The zero-order valence-electron chi connectivity index (χ0n) is 9.81. The molecule has 2 N–H and O–H groups in total. The summed E-state index contributed by atoms with van der Waals surface area (Å²) in [5.74, 6) is 0.512. The molecule has 3 heteroatoms. The standard InChI is InChI=1S/C12H22N2O/c1-12(2)6-4-3-5-10(12)11(15)14-9-7-13-8-9/h9-10,13H,3-8H2,1-2H3,(H,14,15). The molecule has 3 nitrogen and oxygen atoms in total. The maximum Gasteiger partial charge on any atom is 0.223 e. The number of rotatable bonds is 2. The van der Waals surface area contributed by atoms with Crippen molar-refractivity contribution in [3.63, 3.8) is 0 Å². The number of hydrogen-bond donors (Lipinski definition) is 2. The van der Waals surface area contributed by atoms with Gasteiger partial charge < -0.3 is 10.6 Å². The Kier molecular flexibility index (Phi) is 3.01. The van der Waals surface area contributed by atoms with Gasteiger partial charge in [-0.25, -0.2) is 0 Å². The minimum absolute atomic E-state index is 0.194. The molecule has 0 aromatic carbocycles. The molecule has 2 rings (SSSR count). The molecule has 1 saturated heterocycles. The number of carbonyl (C=O) groups excluding carboxylic acids is 1. The second-order valence-corrected chi connectivity index (χ2v) is 5.65. The molecule has 0 aromatic heterocycles. The summed E-state index contributed by atoms with van der Waals surface area (Å²) in [4.78, 5) is 12.1. The molecule has 1 unspecified atom stereocenters. The first kappa shape index (κ1) is 10.9. The van der Waals surface area contributed by atoms with Gasteiger partial charge in [-0.1, -0.05) is 26.7 Å². The van der Waals surface area contributed by atoms with Crippen molar-refractivity contribution in [2.24, 2.45) is 11.3 Å². The highest BCUT2D eigenvalue weighted by atomic mass is 16.2. The molecule has 0 aromatic rings. The van der Waals surface area contributed by atoms with Gasteiger partial charge in [-0.15, -0.1) is 0 Å². The van der Waals surface area contributed by atoms with Crippen LogP contribution in [-0.2, 0) is 4.79 Å². The molecule has 1 amide bonds. The minimum Gasteiger partial charge on any atom is -0.351 e. The summed E-state index contributed by atoms with van der Waals surface area (Å²) in [7, 11) is 0. The smallest absolute Gasteiger partial charge is 0.223 e. The van der Waals surface area contributed by atoms with E-state index >= 15 is 0 Å². The number of nitrogens with one attached hydrogen (secondary N) is 2. The van der Waals surface area contributed by atoms with Gasteiger partial charge in [-0.3, -0.25) is 4.79 Å². The van der Waals surface area contributed by atoms with Crippen LogP contribution < -0.4 is 10.6 Å². The highest BCUT2D eigenvalue weighted by Crippen LogP contribution is 2.40. The third kappa shape index (κ3) is 2.33. The van der Waals surface area contributed by atoms with Crippen LogP contribution in [0.15, 0.2) is 0 Å². The summed E-state index contributed by atoms with van der Waals surface area (Å²) in [6.07, 6.45) is 4.75. The van der Waals surface area contributed by atoms with Crippen LogP contribution in [0.4, 0.5) is 0 Å². The van der Waals surface area contributed by atoms with E-state index in [0.717, 1.165) is 19.5 Å². The van der Waals surface area contributed by atoms with E-state index in [9.17, 15) is 4.79 Å². The Morgan fingerprint density at radius 3 is 2.60 bits per heavy atom. The molecule has 86 valence electrons. The zero-order valence-corrected chi connectivity index (χ0v) is 9.81. The first-order valence-corrected chi connectivity index (χ1v) is 6.11. The van der Waals surface area contributed by atoms with Gasteiger partial charge in [-0.05, 0) is 18.3 Å². The van der Waals surface area contributed by atoms with E-state index < -0.39 is 0 Å². The Bertz CT molecular complexity index is 246. The lowest BCUT2D eigenvalue weighted by Gasteiger charge is -2.39. The Morgan fingerprint density at radius 1 is 1.33 bits per heavy atom. The zero-order chi connectivity index (χ0) is 10.9. The van der Waals surface area contributed by atoms with Crippen molar-refractivity contribution >= 4 is 5.91 Å². The normalized spacial score (nSPS) is 30.7. The third-order valence-electron chi connectivity index (χ3n) is 3.95. The lowest BCUT2D eigenvalue weighted by Crippen LogP contribution is -2.59. The van der Waals surface area contributed by atoms with Crippen molar-refractivity contribution in [1.29, 1.82) is 0 Å². The van der Waals surface area contributed by atoms with E-state index in [1.807, 2.05) is 0 Å². The quantitative estimate of drug-likeness (QED) is 0.721. The van der Waals surface area contributed by atoms with E-state index in [1.165, 1.54) is 19.3 Å². The van der Waals surface area contributed by atoms with Gasteiger partial charge in [0.25, 0.3) is 0 Å². The van der Waals surface area contributed by atoms with Gasteiger partial charge in [0.2, 0.25) is 5.91 Å². The predicted molar refractivity (Wildman–Crippen MR) is 60.5 cm³/mol. The Hall–Kier alpha value is -0.570. The maximum atomic E-state index is 12.1. The highest BCUT2D eigenvalue weighted by molar-refractivity contribution is 5.80. The fraction of sp³-hybridized carbons (Fsp3) is 0.917. The van der Waals surface area contributed by atoms with E-state index in [0.29, 0.717) is 6.04 Å². The molecule has 0 spiro atoms. The predicted octanol–water partition coefficient (Wildman–Crippen LogP) is 1.29. The summed E-state index contributed by atoms with van der Waals surface area (Å²) in [5.41, 5.74) is 0.194. The van der Waals surface area contributed by atoms with Crippen molar-refractivity contribution in [2.75, 3.05) is 13.1 Å². The highest BCUT2D eigenvalue weighted by Gasteiger charge is 2.38. The van der Waals surface area contributed by atoms with Crippen LogP contribution in [-0.4, -0.2) is 25.0 Å². The van der Waals surface area contributed by atoms with Crippen molar-refractivity contribution < 1.29 is 4.79 Å². The van der Waals surface area contributed by atoms with E-state index in [2.05, 4.69) is 24.5 Å². The van der Waals surface area contributed by atoms with Gasteiger partial charge in [0.05, 0.1) is 6.04 Å². The molecule has 1 aliphatic heterocycles. The first-order valence-electron chi connectivity index (χ1n) is 6.11. The molecule has 2 fully saturated rings. The van der Waals surface area contributed by atoms with E-state index in [-0.39, 0.29) is 17.2 Å². The Balaban J connectivity index is 1.91. The fourth-order valence-corrected chi connectivity index (χ4v) is 2.67.